The summed E-state index contributed by atoms with van der Waals surface area (Å²) in [4.78, 5) is 25.0. The number of amides is 1. The van der Waals surface area contributed by atoms with Crippen LogP contribution in [0.2, 0.25) is 0 Å². The van der Waals surface area contributed by atoms with Gasteiger partial charge >= 0.3 is 0 Å². The van der Waals surface area contributed by atoms with Crippen molar-refractivity contribution < 1.29 is 4.79 Å². The van der Waals surface area contributed by atoms with Gasteiger partial charge in [-0.25, -0.2) is 4.98 Å². The zero-order valence-corrected chi connectivity index (χ0v) is 14.2. The number of nitrogens with one attached hydrogen (secondary N) is 1. The molecule has 0 radical (unpaired) electrons. The van der Waals surface area contributed by atoms with Gasteiger partial charge in [0.15, 0.2) is 0 Å². The van der Waals surface area contributed by atoms with E-state index in [9.17, 15) is 4.79 Å². The van der Waals surface area contributed by atoms with Gasteiger partial charge in [-0.1, -0.05) is 6.92 Å². The van der Waals surface area contributed by atoms with Crippen molar-refractivity contribution in [2.24, 2.45) is 0 Å². The zero-order chi connectivity index (χ0) is 16.9. The number of rotatable bonds is 4. The lowest BCUT2D eigenvalue weighted by molar-refractivity contribution is 0.102. The number of hydrogen-bond acceptors (Lipinski definition) is 5. The summed E-state index contributed by atoms with van der Waals surface area (Å²) in [5, 5.41) is 2.90. The standard InChI is InChI=1S/C18H23N5O/c1-3-22-8-10-23(11-9-22)15-4-5-16(14(2)12-15)21-18(24)17-13-19-6-7-20-17/h4-7,12-13H,3,8-11H2,1-2H3,(H,21,24). The number of likely N-dealkylation sites (N-methyl/N-ethyl adjacent to an activating group) is 1. The van der Waals surface area contributed by atoms with E-state index in [0.29, 0.717) is 5.69 Å². The largest absolute Gasteiger partial charge is 0.369 e. The highest BCUT2D eigenvalue weighted by atomic mass is 16.1. The smallest absolute Gasteiger partial charge is 0.275 e. The molecule has 0 bridgehead atoms. The number of hydrogen-bond donors (Lipinski definition) is 1. The van der Waals surface area contributed by atoms with Gasteiger partial charge in [0.1, 0.15) is 5.69 Å². The molecule has 24 heavy (non-hydrogen) atoms. The molecule has 126 valence electrons. The molecule has 0 saturated carbocycles. The maximum absolute atomic E-state index is 12.2. The van der Waals surface area contributed by atoms with Crippen LogP contribution in [0.1, 0.15) is 23.0 Å². The van der Waals surface area contributed by atoms with Crippen LogP contribution < -0.4 is 10.2 Å². The highest BCUT2D eigenvalue weighted by molar-refractivity contribution is 6.03. The van der Waals surface area contributed by atoms with Gasteiger partial charge in [-0.2, -0.15) is 0 Å². The second-order valence-electron chi connectivity index (χ2n) is 5.97. The lowest BCUT2D eigenvalue weighted by Gasteiger charge is -2.35. The number of aryl methyl sites for hydroxylation is 1. The van der Waals surface area contributed by atoms with Gasteiger partial charge in [0.05, 0.1) is 6.20 Å². The van der Waals surface area contributed by atoms with Crippen LogP contribution in [-0.4, -0.2) is 53.5 Å². The summed E-state index contributed by atoms with van der Waals surface area (Å²) in [7, 11) is 0. The van der Waals surface area contributed by atoms with Crippen LogP contribution >= 0.6 is 0 Å². The van der Waals surface area contributed by atoms with E-state index in [-0.39, 0.29) is 5.91 Å². The van der Waals surface area contributed by atoms with Gasteiger partial charge < -0.3 is 15.1 Å². The monoisotopic (exact) mass is 325 g/mol. The Morgan fingerprint density at radius 2 is 2.00 bits per heavy atom. The number of piperazine rings is 1. The topological polar surface area (TPSA) is 61.4 Å². The highest BCUT2D eigenvalue weighted by Gasteiger charge is 2.17. The maximum Gasteiger partial charge on any atom is 0.275 e. The van der Waals surface area contributed by atoms with Crippen LogP contribution in [0, 0.1) is 6.92 Å². The van der Waals surface area contributed by atoms with E-state index in [2.05, 4.69) is 44.1 Å². The molecule has 1 aliphatic heterocycles. The summed E-state index contributed by atoms with van der Waals surface area (Å²) in [6.45, 7) is 9.60. The molecule has 1 amide bonds. The molecule has 6 heteroatoms. The summed E-state index contributed by atoms with van der Waals surface area (Å²) in [6, 6.07) is 6.17. The van der Waals surface area contributed by atoms with Crippen LogP contribution in [0.15, 0.2) is 36.8 Å². The summed E-state index contributed by atoms with van der Waals surface area (Å²) in [5.74, 6) is -0.240. The zero-order valence-electron chi connectivity index (χ0n) is 14.2. The first-order valence-corrected chi connectivity index (χ1v) is 8.32. The van der Waals surface area contributed by atoms with Crippen molar-refractivity contribution >= 4 is 17.3 Å². The van der Waals surface area contributed by atoms with E-state index >= 15 is 0 Å². The molecule has 2 aromatic rings. The van der Waals surface area contributed by atoms with Crippen molar-refractivity contribution in [3.8, 4) is 0 Å². The van der Waals surface area contributed by atoms with Crippen LogP contribution in [0.5, 0.6) is 0 Å². The molecule has 1 saturated heterocycles. The van der Waals surface area contributed by atoms with Gasteiger partial charge in [-0.15, -0.1) is 0 Å². The molecule has 1 aliphatic rings. The van der Waals surface area contributed by atoms with E-state index < -0.39 is 0 Å². The molecule has 1 aromatic heterocycles. The van der Waals surface area contributed by atoms with Gasteiger partial charge in [0.25, 0.3) is 5.91 Å². The second-order valence-corrected chi connectivity index (χ2v) is 5.97. The molecule has 0 atom stereocenters. The second kappa shape index (κ2) is 7.40. The van der Waals surface area contributed by atoms with E-state index in [4.69, 9.17) is 0 Å². The number of carbonyl (C=O) groups is 1. The Labute approximate surface area is 142 Å². The first-order chi connectivity index (χ1) is 11.7. The summed E-state index contributed by atoms with van der Waals surface area (Å²) in [6.07, 6.45) is 4.53. The molecule has 0 spiro atoms. The molecule has 1 fully saturated rings. The first-order valence-electron chi connectivity index (χ1n) is 8.32. The van der Waals surface area contributed by atoms with Crippen molar-refractivity contribution in [3.63, 3.8) is 0 Å². The average Bonchev–Trinajstić information content (AvgIpc) is 2.64. The lowest BCUT2D eigenvalue weighted by Crippen LogP contribution is -2.46. The Kier molecular flexibility index (Phi) is 5.05. The maximum atomic E-state index is 12.2. The Hall–Kier alpha value is -2.47. The predicted octanol–water partition coefficient (Wildman–Crippen LogP) is 2.18. The molecule has 0 unspecified atom stereocenters. The fraction of sp³-hybridized carbons (Fsp3) is 0.389. The SMILES string of the molecule is CCN1CCN(c2ccc(NC(=O)c3cnccn3)c(C)c2)CC1. The van der Waals surface area contributed by atoms with Gasteiger partial charge in [-0.3, -0.25) is 9.78 Å². The van der Waals surface area contributed by atoms with E-state index in [1.807, 2.05) is 13.0 Å². The average molecular weight is 325 g/mol. The third kappa shape index (κ3) is 3.71. The Balaban J connectivity index is 1.68. The fourth-order valence-corrected chi connectivity index (χ4v) is 2.91. The minimum atomic E-state index is -0.240. The van der Waals surface area contributed by atoms with Crippen LogP contribution in [0.4, 0.5) is 11.4 Å². The number of benzene rings is 1. The number of anilines is 2. The number of nitrogens with zero attached hydrogens (tertiary/aromatic N) is 4. The molecular weight excluding hydrogens is 302 g/mol. The molecular formula is C18H23N5O. The van der Waals surface area contributed by atoms with E-state index in [1.165, 1.54) is 18.1 Å². The molecule has 6 nitrogen and oxygen atoms in total. The molecule has 1 aromatic carbocycles. The third-order valence-electron chi connectivity index (χ3n) is 4.44. The molecule has 1 N–H and O–H groups in total. The minimum absolute atomic E-state index is 0.240. The van der Waals surface area contributed by atoms with Gasteiger partial charge in [-0.05, 0) is 37.2 Å². The highest BCUT2D eigenvalue weighted by Crippen LogP contribution is 2.24. The van der Waals surface area contributed by atoms with Crippen LogP contribution in [0.25, 0.3) is 0 Å². The molecule has 0 aliphatic carbocycles. The van der Waals surface area contributed by atoms with Crippen LogP contribution in [-0.2, 0) is 0 Å². The summed E-state index contributed by atoms with van der Waals surface area (Å²) in [5.41, 5.74) is 3.38. The van der Waals surface area contributed by atoms with Gasteiger partial charge in [0.2, 0.25) is 0 Å². The Morgan fingerprint density at radius 3 is 2.62 bits per heavy atom. The van der Waals surface area contributed by atoms with Crippen molar-refractivity contribution in [1.29, 1.82) is 0 Å². The fourth-order valence-electron chi connectivity index (χ4n) is 2.91. The predicted molar refractivity (Wildman–Crippen MR) is 95.5 cm³/mol. The van der Waals surface area contributed by atoms with Gasteiger partial charge in [0, 0.05) is 49.9 Å². The van der Waals surface area contributed by atoms with Crippen LogP contribution in [0.3, 0.4) is 0 Å². The lowest BCUT2D eigenvalue weighted by atomic mass is 10.1. The number of carbonyl (C=O) groups excluding carboxylic acids is 1. The third-order valence-corrected chi connectivity index (χ3v) is 4.44. The van der Waals surface area contributed by atoms with Crippen molar-refractivity contribution in [3.05, 3.63) is 48.0 Å². The molecule has 3 rings (SSSR count). The van der Waals surface area contributed by atoms with E-state index in [1.54, 1.807) is 6.20 Å². The summed E-state index contributed by atoms with van der Waals surface area (Å²) >= 11 is 0. The first kappa shape index (κ1) is 16.4. The van der Waals surface area contributed by atoms with Crippen molar-refractivity contribution in [1.82, 2.24) is 14.9 Å². The minimum Gasteiger partial charge on any atom is -0.369 e. The van der Waals surface area contributed by atoms with E-state index in [0.717, 1.165) is 44.0 Å². The Bertz CT molecular complexity index is 696. The molecule has 2 heterocycles. The quantitative estimate of drug-likeness (QED) is 0.933. The number of aromatic nitrogens is 2. The summed E-state index contributed by atoms with van der Waals surface area (Å²) < 4.78 is 0. The Morgan fingerprint density at radius 1 is 1.21 bits per heavy atom. The normalized spacial score (nSPS) is 15.3. The van der Waals surface area contributed by atoms with Crippen molar-refractivity contribution in [2.45, 2.75) is 13.8 Å². The van der Waals surface area contributed by atoms with Crippen molar-refractivity contribution in [2.75, 3.05) is 42.9 Å².